The SMILES string of the molecule is CN([13CH3])C(C[13CH3])C(=O)NCCC(=O)O.C[13C](N)=O.[13CH3][13CH3]. The van der Waals surface area contributed by atoms with Crippen molar-refractivity contribution < 1.29 is 19.5 Å². The molecule has 1 unspecified atom stereocenters. The fourth-order valence-electron chi connectivity index (χ4n) is 1.20. The van der Waals surface area contributed by atoms with E-state index < -0.39 is 5.97 Å². The number of primary amides is 1. The molecule has 0 aromatic rings. The van der Waals surface area contributed by atoms with E-state index in [1.807, 2.05) is 39.8 Å². The Kier molecular flexibility index (Phi) is 18.1. The summed E-state index contributed by atoms with van der Waals surface area (Å²) in [6.45, 7) is 7.42. The number of hydrogen-bond acceptors (Lipinski definition) is 4. The Morgan fingerprint density at radius 2 is 1.65 bits per heavy atom. The largest absolute Gasteiger partial charge is 0.481 e. The number of nitrogens with zero attached hydrogens (tertiary/aromatic N) is 1. The summed E-state index contributed by atoms with van der Waals surface area (Å²) >= 11 is 0. The van der Waals surface area contributed by atoms with Crippen LogP contribution in [0.2, 0.25) is 0 Å². The van der Waals surface area contributed by atoms with Crippen LogP contribution >= 0.6 is 0 Å². The first-order valence-corrected chi connectivity index (χ1v) is 6.64. The molecule has 7 heteroatoms. The van der Waals surface area contributed by atoms with E-state index in [0.29, 0.717) is 6.42 Å². The molecule has 0 aromatic carbocycles. The molecular weight excluding hydrogens is 267 g/mol. The molecule has 0 bridgehead atoms. The molecule has 0 aromatic heterocycles. The van der Waals surface area contributed by atoms with Crippen molar-refractivity contribution in [1.29, 1.82) is 0 Å². The van der Waals surface area contributed by atoms with Crippen molar-refractivity contribution in [3.8, 4) is 0 Å². The van der Waals surface area contributed by atoms with Gasteiger partial charge in [-0.1, -0.05) is 20.8 Å². The summed E-state index contributed by atoms with van der Waals surface area (Å²) in [5, 5.41) is 11.0. The summed E-state index contributed by atoms with van der Waals surface area (Å²) in [4.78, 5) is 32.7. The second-order valence-corrected chi connectivity index (χ2v) is 3.93. The minimum Gasteiger partial charge on any atom is -0.481 e. The van der Waals surface area contributed by atoms with Crippen LogP contribution in [-0.4, -0.2) is 54.5 Å². The van der Waals surface area contributed by atoms with E-state index in [1.165, 1.54) is 6.92 Å². The molecule has 0 spiro atoms. The van der Waals surface area contributed by atoms with E-state index in [2.05, 4.69) is 11.1 Å². The molecule has 1 atom stereocenters. The fourth-order valence-corrected chi connectivity index (χ4v) is 1.20. The van der Waals surface area contributed by atoms with Crippen molar-refractivity contribution in [3.63, 3.8) is 0 Å². The molecule has 4 N–H and O–H groups in total. The average Bonchev–Trinajstić information content (AvgIpc) is 2.30. The third-order valence-electron chi connectivity index (χ3n) is 1.95. The Morgan fingerprint density at radius 1 is 1.25 bits per heavy atom. The summed E-state index contributed by atoms with van der Waals surface area (Å²) in [7, 11) is 3.65. The van der Waals surface area contributed by atoms with Crippen LogP contribution in [0.15, 0.2) is 0 Å². The van der Waals surface area contributed by atoms with Gasteiger partial charge in [0.15, 0.2) is 0 Å². The molecular formula is C13H29N3O4. The van der Waals surface area contributed by atoms with Crippen molar-refractivity contribution in [1.82, 2.24) is 10.2 Å². The van der Waals surface area contributed by atoms with Crippen LogP contribution in [0.25, 0.3) is 0 Å². The highest BCUT2D eigenvalue weighted by Gasteiger charge is 2.17. The lowest BCUT2D eigenvalue weighted by Gasteiger charge is -2.21. The fraction of sp³-hybridized carbons (Fsp3) is 0.769. The first-order valence-electron chi connectivity index (χ1n) is 6.64. The molecule has 0 heterocycles. The maximum absolute atomic E-state index is 11.5. The molecule has 0 saturated heterocycles. The average molecular weight is 296 g/mol. The zero-order valence-corrected chi connectivity index (χ0v) is 13.4. The van der Waals surface area contributed by atoms with Crippen LogP contribution < -0.4 is 11.1 Å². The molecule has 0 saturated carbocycles. The van der Waals surface area contributed by atoms with E-state index in [-0.39, 0.29) is 30.8 Å². The van der Waals surface area contributed by atoms with E-state index in [1.54, 1.807) is 0 Å². The Labute approximate surface area is 121 Å². The van der Waals surface area contributed by atoms with Crippen LogP contribution in [0.5, 0.6) is 0 Å². The third-order valence-corrected chi connectivity index (χ3v) is 1.95. The lowest BCUT2D eigenvalue weighted by atomic mass is 10.2. The smallest absolute Gasteiger partial charge is 0.305 e. The standard InChI is InChI=1S/C9H18N2O3.C2H5NO.C2H6/c1-4-7(11(2)3)9(14)10-6-5-8(12)13;1-2(3)4;1-2/h7H,4-6H2,1-3H3,(H,10,14)(H,12,13);1H3,(H2,3,4);1-2H3/i1+1,2+1;2+1;1+1,2+1. The Bertz CT molecular complexity index is 277. The minimum atomic E-state index is -0.900. The quantitative estimate of drug-likeness (QED) is 0.615. The molecule has 2 amide bonds. The van der Waals surface area contributed by atoms with Gasteiger partial charge in [0, 0.05) is 13.5 Å². The predicted molar refractivity (Wildman–Crippen MR) is 79.2 cm³/mol. The molecule has 20 heavy (non-hydrogen) atoms. The summed E-state index contributed by atoms with van der Waals surface area (Å²) < 4.78 is 0. The van der Waals surface area contributed by atoms with E-state index >= 15 is 0 Å². The number of carboxylic acids is 1. The number of aliphatic carboxylic acids is 1. The van der Waals surface area contributed by atoms with Crippen LogP contribution in [0.4, 0.5) is 0 Å². The van der Waals surface area contributed by atoms with Gasteiger partial charge in [0.25, 0.3) is 0 Å². The van der Waals surface area contributed by atoms with E-state index in [4.69, 9.17) is 5.11 Å². The molecule has 0 aliphatic heterocycles. The second-order valence-electron chi connectivity index (χ2n) is 3.93. The summed E-state index contributed by atoms with van der Waals surface area (Å²) in [5.41, 5.74) is 4.47. The number of carboxylic acid groups (broad SMARTS) is 1. The van der Waals surface area contributed by atoms with Gasteiger partial charge in [-0.2, -0.15) is 0 Å². The molecule has 0 rings (SSSR count). The van der Waals surface area contributed by atoms with Gasteiger partial charge in [-0.25, -0.2) is 0 Å². The number of carbonyl (C=O) groups excluding carboxylic acids is 2. The molecule has 0 aliphatic rings. The number of hydrogen-bond donors (Lipinski definition) is 3. The van der Waals surface area contributed by atoms with Crippen LogP contribution in [0.1, 0.15) is 40.5 Å². The van der Waals surface area contributed by atoms with Crippen molar-refractivity contribution in [2.45, 2.75) is 46.6 Å². The lowest BCUT2D eigenvalue weighted by Crippen LogP contribution is -2.43. The Morgan fingerprint density at radius 3 is 1.90 bits per heavy atom. The summed E-state index contributed by atoms with van der Waals surface area (Å²) in [6.07, 6.45) is 0.682. The number of rotatable bonds is 6. The number of likely N-dealkylation sites (N-methyl/N-ethyl adjacent to an activating group) is 1. The maximum atomic E-state index is 11.5. The highest BCUT2D eigenvalue weighted by Crippen LogP contribution is 1.98. The highest BCUT2D eigenvalue weighted by molar-refractivity contribution is 5.82. The van der Waals surface area contributed by atoms with Gasteiger partial charge in [-0.3, -0.25) is 19.3 Å². The molecule has 0 radical (unpaired) electrons. The Balaban J connectivity index is -0.000000410. The van der Waals surface area contributed by atoms with Gasteiger partial charge in [0.2, 0.25) is 11.8 Å². The van der Waals surface area contributed by atoms with Gasteiger partial charge >= 0.3 is 5.97 Å². The van der Waals surface area contributed by atoms with Gasteiger partial charge in [0.05, 0.1) is 12.5 Å². The highest BCUT2D eigenvalue weighted by atomic mass is 16.4. The van der Waals surface area contributed by atoms with Crippen LogP contribution in [-0.2, 0) is 14.4 Å². The molecule has 0 aliphatic carbocycles. The van der Waals surface area contributed by atoms with Gasteiger partial charge < -0.3 is 16.2 Å². The van der Waals surface area contributed by atoms with Crippen molar-refractivity contribution in [2.24, 2.45) is 5.73 Å². The second kappa shape index (κ2) is 15.4. The van der Waals surface area contributed by atoms with E-state index in [9.17, 15) is 14.4 Å². The van der Waals surface area contributed by atoms with Crippen LogP contribution in [0.3, 0.4) is 0 Å². The van der Waals surface area contributed by atoms with Gasteiger partial charge in [-0.05, 0) is 20.5 Å². The molecule has 7 nitrogen and oxygen atoms in total. The first kappa shape index (κ1) is 23.5. The monoisotopic (exact) mass is 296 g/mol. The third kappa shape index (κ3) is 18.7. The molecule has 0 fully saturated rings. The van der Waals surface area contributed by atoms with Crippen LogP contribution in [0, 0.1) is 0 Å². The maximum Gasteiger partial charge on any atom is 0.305 e. The summed E-state index contributed by atoms with van der Waals surface area (Å²) in [5.74, 6) is -1.35. The van der Waals surface area contributed by atoms with Gasteiger partial charge in [-0.15, -0.1) is 0 Å². The minimum absolute atomic E-state index is 0.0321. The van der Waals surface area contributed by atoms with Gasteiger partial charge in [0.1, 0.15) is 0 Å². The van der Waals surface area contributed by atoms with E-state index in [0.717, 1.165) is 0 Å². The zero-order chi connectivity index (χ0) is 16.7. The number of nitrogens with one attached hydrogen (secondary N) is 1. The number of nitrogens with two attached hydrogens (primary N) is 1. The number of carbonyl (C=O) groups is 3. The lowest BCUT2D eigenvalue weighted by molar-refractivity contribution is -0.137. The number of amides is 2. The van der Waals surface area contributed by atoms with Crippen molar-refractivity contribution >= 4 is 17.8 Å². The summed E-state index contributed by atoms with van der Waals surface area (Å²) in [6, 6.07) is -0.177. The normalized spacial score (nSPS) is 10.3. The first-order chi connectivity index (χ1) is 9.22. The topological polar surface area (TPSA) is 113 Å². The predicted octanol–water partition coefficient (Wildman–Crippen LogP) is 0.435. The Hall–Kier alpha value is -1.63. The zero-order valence-electron chi connectivity index (χ0n) is 13.4. The van der Waals surface area contributed by atoms with Crippen molar-refractivity contribution in [2.75, 3.05) is 20.6 Å². The molecule has 120 valence electrons. The van der Waals surface area contributed by atoms with Crippen molar-refractivity contribution in [3.05, 3.63) is 0 Å².